The summed E-state index contributed by atoms with van der Waals surface area (Å²) in [5.74, 6) is 0. The van der Waals surface area contributed by atoms with E-state index in [0.717, 1.165) is 69.0 Å². The van der Waals surface area contributed by atoms with Crippen LogP contribution >= 0.6 is 0 Å². The van der Waals surface area contributed by atoms with Crippen LogP contribution in [0.1, 0.15) is 39.7 Å². The molecule has 0 heterocycles. The lowest BCUT2D eigenvalue weighted by Gasteiger charge is -2.33. The molecule has 63 heavy (non-hydrogen) atoms. The van der Waals surface area contributed by atoms with E-state index in [1.54, 1.807) is 6.08 Å². The Morgan fingerprint density at radius 1 is 0.587 bits per heavy atom. The zero-order valence-corrected chi connectivity index (χ0v) is 37.5. The summed E-state index contributed by atoms with van der Waals surface area (Å²) in [5, 5.41) is 0. The van der Waals surface area contributed by atoms with E-state index in [9.17, 15) is 0 Å². The number of allylic oxidation sites excluding steroid dienone is 15. The molecule has 5 aromatic rings. The Kier molecular flexibility index (Phi) is 15.9. The van der Waals surface area contributed by atoms with Crippen molar-refractivity contribution in [1.29, 1.82) is 0 Å². The number of rotatable bonds is 18. The van der Waals surface area contributed by atoms with Crippen LogP contribution in [0.3, 0.4) is 0 Å². The van der Waals surface area contributed by atoms with Gasteiger partial charge >= 0.3 is 0 Å². The van der Waals surface area contributed by atoms with Gasteiger partial charge in [-0.15, -0.1) is 0 Å². The summed E-state index contributed by atoms with van der Waals surface area (Å²) < 4.78 is 0. The van der Waals surface area contributed by atoms with Crippen molar-refractivity contribution >= 4 is 45.5 Å². The van der Waals surface area contributed by atoms with Gasteiger partial charge in [-0.05, 0) is 168 Å². The maximum Gasteiger partial charge on any atom is 0.0559 e. The topological polar surface area (TPSA) is 13.0 Å². The standard InChI is InChI=1S/C59H60N4/c1-9-12-16-25-48(7)60(50-27-18-14-19-28-50)52-32-36-54(37-33-52)62(55-38-34-53(35-39-55)61(49(8)26-17-13-10-2)58(23-11-3)44-46(4)5)56-40-42-57(43-41-56)63(51-29-20-15-21-30-51)59-31-22-24-47(6)45-59/h9-27,29-45,50H,2-3,7,28H2,1,4-6,8H3/b12-9+,17-13-,25-16-,49-26+,58-23+. The Balaban J connectivity index is 1.46. The fraction of sp³-hybridized carbons (Fsp3) is 0.119. The maximum atomic E-state index is 4.50. The average Bonchev–Trinajstić information content (AvgIpc) is 3.29. The van der Waals surface area contributed by atoms with Crippen molar-refractivity contribution in [3.8, 4) is 0 Å². The summed E-state index contributed by atoms with van der Waals surface area (Å²) in [6, 6.07) is 45.8. The molecule has 1 aliphatic carbocycles. The zero-order chi connectivity index (χ0) is 44.6. The van der Waals surface area contributed by atoms with E-state index in [1.165, 1.54) is 11.1 Å². The van der Waals surface area contributed by atoms with E-state index in [0.29, 0.717) is 0 Å². The van der Waals surface area contributed by atoms with Gasteiger partial charge in [-0.1, -0.05) is 122 Å². The molecule has 1 aliphatic rings. The predicted octanol–water partition coefficient (Wildman–Crippen LogP) is 16.8. The molecule has 4 nitrogen and oxygen atoms in total. The lowest BCUT2D eigenvalue weighted by atomic mass is 10.0. The van der Waals surface area contributed by atoms with Crippen LogP contribution in [0.5, 0.6) is 0 Å². The summed E-state index contributed by atoms with van der Waals surface area (Å²) in [7, 11) is 0. The van der Waals surface area contributed by atoms with E-state index in [2.05, 4.69) is 237 Å². The molecule has 0 spiro atoms. The van der Waals surface area contributed by atoms with Gasteiger partial charge in [0.2, 0.25) is 0 Å². The third-order valence-electron chi connectivity index (χ3n) is 10.5. The first-order valence-electron chi connectivity index (χ1n) is 21.6. The SMILES string of the molecule is C=C/C=C\C=C(/C)N(/C(C=C(C)C)=C/C=C)c1ccc(N(c2ccc(N(c3ccccc3)c3cccc(C)c3)cc2)c2ccc(N(C(=C)/C=C\C=C\C)C3C=CC=CC3)cc2)cc1. The third-order valence-corrected chi connectivity index (χ3v) is 10.5. The molecule has 0 fully saturated rings. The second-order valence-corrected chi connectivity index (χ2v) is 15.6. The predicted molar refractivity (Wildman–Crippen MR) is 276 cm³/mol. The highest BCUT2D eigenvalue weighted by Gasteiger charge is 2.21. The van der Waals surface area contributed by atoms with Crippen LogP contribution in [0.15, 0.2) is 261 Å². The van der Waals surface area contributed by atoms with E-state index >= 15 is 0 Å². The highest BCUT2D eigenvalue weighted by molar-refractivity contribution is 5.82. The van der Waals surface area contributed by atoms with Gasteiger partial charge in [-0.3, -0.25) is 0 Å². The highest BCUT2D eigenvalue weighted by atomic mass is 15.2. The van der Waals surface area contributed by atoms with Crippen molar-refractivity contribution in [2.45, 2.75) is 47.1 Å². The van der Waals surface area contributed by atoms with Gasteiger partial charge < -0.3 is 19.6 Å². The lowest BCUT2D eigenvalue weighted by Crippen LogP contribution is -2.32. The minimum absolute atomic E-state index is 0.153. The molecule has 0 radical (unpaired) electrons. The number of anilines is 8. The van der Waals surface area contributed by atoms with Crippen LogP contribution in [0.25, 0.3) is 0 Å². The summed E-state index contributed by atoms with van der Waals surface area (Å²) in [5.41, 5.74) is 13.9. The van der Waals surface area contributed by atoms with E-state index in [1.807, 2.05) is 49.5 Å². The molecule has 1 unspecified atom stereocenters. The van der Waals surface area contributed by atoms with Gasteiger partial charge in [0.05, 0.1) is 6.04 Å². The fourth-order valence-electron chi connectivity index (χ4n) is 7.70. The molecule has 1 atom stereocenters. The fourth-order valence-corrected chi connectivity index (χ4v) is 7.70. The normalized spacial score (nSPS) is 14.0. The number of aryl methyl sites for hydroxylation is 1. The van der Waals surface area contributed by atoms with E-state index < -0.39 is 0 Å². The van der Waals surface area contributed by atoms with Gasteiger partial charge in [0.15, 0.2) is 0 Å². The summed E-state index contributed by atoms with van der Waals surface area (Å²) >= 11 is 0. The van der Waals surface area contributed by atoms with Crippen LogP contribution in [-0.4, -0.2) is 6.04 Å². The van der Waals surface area contributed by atoms with Gasteiger partial charge in [0.25, 0.3) is 0 Å². The Morgan fingerprint density at radius 2 is 1.16 bits per heavy atom. The maximum absolute atomic E-state index is 4.50. The monoisotopic (exact) mass is 824 g/mol. The van der Waals surface area contributed by atoms with Crippen LogP contribution in [0.2, 0.25) is 0 Å². The molecule has 0 aromatic heterocycles. The largest absolute Gasteiger partial charge is 0.335 e. The molecule has 0 bridgehead atoms. The molecule has 5 aromatic carbocycles. The second-order valence-electron chi connectivity index (χ2n) is 15.6. The van der Waals surface area contributed by atoms with Crippen molar-refractivity contribution in [3.63, 3.8) is 0 Å². The number of benzene rings is 5. The molecule has 0 saturated heterocycles. The van der Waals surface area contributed by atoms with Crippen molar-refractivity contribution in [1.82, 2.24) is 0 Å². The smallest absolute Gasteiger partial charge is 0.0559 e. The molecule has 316 valence electrons. The van der Waals surface area contributed by atoms with Crippen LogP contribution in [0, 0.1) is 6.92 Å². The first kappa shape index (κ1) is 45.0. The Labute approximate surface area is 377 Å². The summed E-state index contributed by atoms with van der Waals surface area (Å²) in [4.78, 5) is 9.20. The minimum atomic E-state index is 0.153. The quantitative estimate of drug-likeness (QED) is 0.0816. The van der Waals surface area contributed by atoms with E-state index in [-0.39, 0.29) is 6.04 Å². The molecule has 0 amide bonds. The van der Waals surface area contributed by atoms with Gasteiger partial charge in [-0.2, -0.15) is 0 Å². The first-order valence-corrected chi connectivity index (χ1v) is 21.6. The van der Waals surface area contributed by atoms with Gasteiger partial charge in [0, 0.05) is 62.6 Å². The van der Waals surface area contributed by atoms with Crippen LogP contribution in [0.4, 0.5) is 45.5 Å². The molecule has 0 saturated carbocycles. The Hall–Kier alpha value is -7.56. The van der Waals surface area contributed by atoms with Crippen LogP contribution < -0.4 is 19.6 Å². The van der Waals surface area contributed by atoms with E-state index in [4.69, 9.17) is 0 Å². The molecule has 6 rings (SSSR count). The van der Waals surface area contributed by atoms with Crippen molar-refractivity contribution in [3.05, 3.63) is 266 Å². The first-order chi connectivity index (χ1) is 30.7. The molecule has 0 aliphatic heterocycles. The molecular weight excluding hydrogens is 765 g/mol. The Bertz CT molecular complexity index is 2570. The van der Waals surface area contributed by atoms with Crippen molar-refractivity contribution < 1.29 is 0 Å². The summed E-state index contributed by atoms with van der Waals surface area (Å²) in [6.07, 6.45) is 31.7. The minimum Gasteiger partial charge on any atom is -0.335 e. The Morgan fingerprint density at radius 3 is 1.70 bits per heavy atom. The van der Waals surface area contributed by atoms with Crippen molar-refractivity contribution in [2.75, 3.05) is 19.6 Å². The third kappa shape index (κ3) is 11.6. The highest BCUT2D eigenvalue weighted by Crippen LogP contribution is 2.41. The summed E-state index contributed by atoms with van der Waals surface area (Å²) in [6.45, 7) is 22.9. The number of para-hydroxylation sites is 1. The number of hydrogen-bond donors (Lipinski definition) is 0. The molecule has 4 heteroatoms. The van der Waals surface area contributed by atoms with Gasteiger partial charge in [-0.25, -0.2) is 0 Å². The second kappa shape index (κ2) is 22.3. The number of hydrogen-bond acceptors (Lipinski definition) is 4. The van der Waals surface area contributed by atoms with Crippen molar-refractivity contribution in [2.24, 2.45) is 0 Å². The molecular formula is C59H60N4. The zero-order valence-electron chi connectivity index (χ0n) is 37.5. The lowest BCUT2D eigenvalue weighted by molar-refractivity contribution is 0.764. The number of nitrogens with zero attached hydrogens (tertiary/aromatic N) is 4. The molecule has 0 N–H and O–H groups in total. The van der Waals surface area contributed by atoms with Gasteiger partial charge in [0.1, 0.15) is 0 Å². The average molecular weight is 825 g/mol. The van der Waals surface area contributed by atoms with Crippen LogP contribution in [-0.2, 0) is 0 Å².